The number of rotatable bonds is 9. The van der Waals surface area contributed by atoms with Gasteiger partial charge in [0.25, 0.3) is 0 Å². The van der Waals surface area contributed by atoms with E-state index in [0.717, 1.165) is 5.75 Å². The molecule has 1 aliphatic rings. The van der Waals surface area contributed by atoms with Crippen molar-refractivity contribution in [1.29, 1.82) is 0 Å². The summed E-state index contributed by atoms with van der Waals surface area (Å²) in [5, 5.41) is 8.79. The molecule has 0 unspecified atom stereocenters. The Morgan fingerprint density at radius 2 is 2.07 bits per heavy atom. The number of hydrogen-bond acceptors (Lipinski definition) is 7. The van der Waals surface area contributed by atoms with Gasteiger partial charge in [-0.2, -0.15) is 0 Å². The lowest BCUT2D eigenvalue weighted by atomic mass is 10.2. The Kier molecular flexibility index (Phi) is 6.97. The van der Waals surface area contributed by atoms with Gasteiger partial charge < -0.3 is 24.7 Å². The van der Waals surface area contributed by atoms with E-state index in [1.165, 1.54) is 11.8 Å². The zero-order valence-corrected chi connectivity index (χ0v) is 17.4. The standard InChI is InChI=1S/C19H25N5O4S/c1-3-24(10-13-11-27-14-6-4-5-7-15(14)28-13)18(26)12-29-19-22-21-17(23(19)2)9-8-16(20)25/h4-7,13H,3,8-12H2,1-2H3,(H2,20,25)/t13-/m1/s1. The third-order valence-electron chi connectivity index (χ3n) is 4.57. The quantitative estimate of drug-likeness (QED) is 0.604. The molecule has 0 aliphatic carbocycles. The number of aryl methyl sites for hydroxylation is 1. The van der Waals surface area contributed by atoms with E-state index in [-0.39, 0.29) is 30.1 Å². The second-order valence-corrected chi connectivity index (χ2v) is 7.59. The molecule has 0 bridgehead atoms. The number of nitrogens with two attached hydrogens (primary N) is 1. The van der Waals surface area contributed by atoms with Crippen molar-refractivity contribution < 1.29 is 19.1 Å². The molecule has 2 N–H and O–H groups in total. The number of carbonyl (C=O) groups is 2. The second kappa shape index (κ2) is 9.64. The normalized spacial score (nSPS) is 15.2. The number of likely N-dealkylation sites (N-methyl/N-ethyl adjacent to an activating group) is 1. The number of amides is 2. The van der Waals surface area contributed by atoms with E-state index < -0.39 is 0 Å². The van der Waals surface area contributed by atoms with E-state index in [4.69, 9.17) is 15.2 Å². The minimum Gasteiger partial charge on any atom is -0.486 e. The van der Waals surface area contributed by atoms with Crippen LogP contribution in [0.2, 0.25) is 0 Å². The van der Waals surface area contributed by atoms with Gasteiger partial charge in [0.2, 0.25) is 11.8 Å². The molecule has 9 nitrogen and oxygen atoms in total. The largest absolute Gasteiger partial charge is 0.486 e. The summed E-state index contributed by atoms with van der Waals surface area (Å²) in [6.07, 6.45) is 0.426. The summed E-state index contributed by atoms with van der Waals surface area (Å²) in [4.78, 5) is 25.4. The number of hydrogen-bond donors (Lipinski definition) is 1. The van der Waals surface area contributed by atoms with E-state index in [9.17, 15) is 9.59 Å². The first-order valence-corrected chi connectivity index (χ1v) is 10.4. The van der Waals surface area contributed by atoms with Crippen LogP contribution in [0.4, 0.5) is 0 Å². The van der Waals surface area contributed by atoms with Crippen molar-refractivity contribution in [1.82, 2.24) is 19.7 Å². The van der Waals surface area contributed by atoms with Crippen LogP contribution in [0.3, 0.4) is 0 Å². The molecule has 2 amide bonds. The van der Waals surface area contributed by atoms with Crippen molar-refractivity contribution in [3.05, 3.63) is 30.1 Å². The monoisotopic (exact) mass is 419 g/mol. The van der Waals surface area contributed by atoms with Gasteiger partial charge >= 0.3 is 0 Å². The molecule has 0 saturated heterocycles. The summed E-state index contributed by atoms with van der Waals surface area (Å²) in [5.74, 6) is 1.93. The summed E-state index contributed by atoms with van der Waals surface area (Å²) in [6, 6.07) is 7.51. The first-order valence-electron chi connectivity index (χ1n) is 9.43. The van der Waals surface area contributed by atoms with Crippen LogP contribution in [0.25, 0.3) is 0 Å². The Hall–Kier alpha value is -2.75. The van der Waals surface area contributed by atoms with Crippen LogP contribution in [-0.2, 0) is 23.1 Å². The molecule has 10 heteroatoms. The third-order valence-corrected chi connectivity index (χ3v) is 5.58. The molecule has 0 saturated carbocycles. The molecule has 1 aromatic carbocycles. The van der Waals surface area contributed by atoms with Gasteiger partial charge in [-0.1, -0.05) is 23.9 Å². The third kappa shape index (κ3) is 5.41. The fourth-order valence-corrected chi connectivity index (χ4v) is 3.78. The van der Waals surface area contributed by atoms with E-state index in [0.29, 0.717) is 42.8 Å². The smallest absolute Gasteiger partial charge is 0.233 e. The van der Waals surface area contributed by atoms with Crippen LogP contribution < -0.4 is 15.2 Å². The molecule has 156 valence electrons. The van der Waals surface area contributed by atoms with Gasteiger partial charge in [-0.25, -0.2) is 0 Å². The minimum absolute atomic E-state index is 0.0124. The molecular formula is C19H25N5O4S. The van der Waals surface area contributed by atoms with Crippen LogP contribution >= 0.6 is 11.8 Å². The number of primary amides is 1. The van der Waals surface area contributed by atoms with Crippen LogP contribution in [0.1, 0.15) is 19.2 Å². The molecule has 1 aliphatic heterocycles. The number of thioether (sulfide) groups is 1. The Labute approximate surface area is 173 Å². The van der Waals surface area contributed by atoms with Gasteiger partial charge in [0, 0.05) is 26.4 Å². The van der Waals surface area contributed by atoms with Gasteiger partial charge in [-0.15, -0.1) is 10.2 Å². The highest BCUT2D eigenvalue weighted by atomic mass is 32.2. The average Bonchev–Trinajstić information content (AvgIpc) is 3.08. The molecule has 3 rings (SSSR count). The predicted molar refractivity (Wildman–Crippen MR) is 108 cm³/mol. The van der Waals surface area contributed by atoms with Crippen LogP contribution in [0.5, 0.6) is 11.5 Å². The van der Waals surface area contributed by atoms with Crippen molar-refractivity contribution in [3.63, 3.8) is 0 Å². The maximum absolute atomic E-state index is 12.7. The highest BCUT2D eigenvalue weighted by Gasteiger charge is 2.25. The summed E-state index contributed by atoms with van der Waals surface area (Å²) >= 11 is 1.31. The molecule has 2 heterocycles. The van der Waals surface area contributed by atoms with Crippen molar-refractivity contribution in [2.45, 2.75) is 31.0 Å². The van der Waals surface area contributed by atoms with Crippen molar-refractivity contribution >= 4 is 23.6 Å². The van der Waals surface area contributed by atoms with Crippen LogP contribution in [0.15, 0.2) is 29.4 Å². The zero-order chi connectivity index (χ0) is 20.8. The number of para-hydroxylation sites is 2. The minimum atomic E-state index is -0.382. The molecular weight excluding hydrogens is 394 g/mol. The van der Waals surface area contributed by atoms with Crippen molar-refractivity contribution in [2.24, 2.45) is 12.8 Å². The number of fused-ring (bicyclic) bond motifs is 1. The Balaban J connectivity index is 1.52. The SMILES string of the molecule is CCN(C[C@@H]1COc2ccccc2O1)C(=O)CSc1nnc(CCC(N)=O)n1C. The Morgan fingerprint density at radius 1 is 1.31 bits per heavy atom. The molecule has 0 fully saturated rings. The molecule has 0 radical (unpaired) electrons. The number of ether oxygens (including phenoxy) is 2. The van der Waals surface area contributed by atoms with E-state index >= 15 is 0 Å². The van der Waals surface area contributed by atoms with E-state index in [1.54, 1.807) is 9.47 Å². The summed E-state index contributed by atoms with van der Waals surface area (Å²) < 4.78 is 13.5. The first kappa shape index (κ1) is 21.0. The van der Waals surface area contributed by atoms with Gasteiger partial charge in [0.15, 0.2) is 22.8 Å². The topological polar surface area (TPSA) is 113 Å². The maximum atomic E-state index is 12.7. The van der Waals surface area contributed by atoms with Gasteiger partial charge in [0.1, 0.15) is 12.4 Å². The summed E-state index contributed by atoms with van der Waals surface area (Å²) in [5.41, 5.74) is 5.18. The van der Waals surface area contributed by atoms with Gasteiger partial charge in [-0.05, 0) is 19.1 Å². The fraction of sp³-hybridized carbons (Fsp3) is 0.474. The fourth-order valence-electron chi connectivity index (χ4n) is 2.95. The second-order valence-electron chi connectivity index (χ2n) is 6.64. The number of aromatic nitrogens is 3. The summed E-state index contributed by atoms with van der Waals surface area (Å²) in [7, 11) is 1.81. The van der Waals surface area contributed by atoms with Gasteiger partial charge in [0.05, 0.1) is 12.3 Å². The first-order chi connectivity index (χ1) is 14.0. The lowest BCUT2D eigenvalue weighted by Crippen LogP contribution is -2.44. The molecule has 29 heavy (non-hydrogen) atoms. The van der Waals surface area contributed by atoms with Crippen LogP contribution in [0, 0.1) is 0 Å². The van der Waals surface area contributed by atoms with Gasteiger partial charge in [-0.3, -0.25) is 9.59 Å². The zero-order valence-electron chi connectivity index (χ0n) is 16.5. The highest BCUT2D eigenvalue weighted by Crippen LogP contribution is 2.31. The molecule has 1 atom stereocenters. The molecule has 0 spiro atoms. The Morgan fingerprint density at radius 3 is 2.79 bits per heavy atom. The van der Waals surface area contributed by atoms with Crippen molar-refractivity contribution in [2.75, 3.05) is 25.4 Å². The lowest BCUT2D eigenvalue weighted by Gasteiger charge is -2.30. The number of nitrogens with zero attached hydrogens (tertiary/aromatic N) is 4. The van der Waals surface area contributed by atoms with E-state index in [1.807, 2.05) is 38.2 Å². The summed E-state index contributed by atoms with van der Waals surface area (Å²) in [6.45, 7) is 3.36. The average molecular weight is 420 g/mol. The lowest BCUT2D eigenvalue weighted by molar-refractivity contribution is -0.129. The predicted octanol–water partition coefficient (Wildman–Crippen LogP) is 1.01. The van der Waals surface area contributed by atoms with Crippen LogP contribution in [-0.4, -0.2) is 63.0 Å². The van der Waals surface area contributed by atoms with E-state index in [2.05, 4.69) is 10.2 Å². The maximum Gasteiger partial charge on any atom is 0.233 e. The molecule has 2 aromatic rings. The number of benzene rings is 1. The number of carbonyl (C=O) groups excluding carboxylic acids is 2. The van der Waals surface area contributed by atoms with Crippen molar-refractivity contribution in [3.8, 4) is 11.5 Å². The molecule has 1 aromatic heterocycles. The Bertz CT molecular complexity index is 872. The highest BCUT2D eigenvalue weighted by molar-refractivity contribution is 7.99.